The van der Waals surface area contributed by atoms with Gasteiger partial charge in [-0.2, -0.15) is 0 Å². The van der Waals surface area contributed by atoms with Crippen molar-refractivity contribution < 1.29 is 0 Å². The van der Waals surface area contributed by atoms with Gasteiger partial charge in [0.25, 0.3) is 0 Å². The van der Waals surface area contributed by atoms with Crippen LogP contribution in [0.3, 0.4) is 0 Å². The molecule has 0 spiro atoms. The quantitative estimate of drug-likeness (QED) is 0.295. The summed E-state index contributed by atoms with van der Waals surface area (Å²) in [6.45, 7) is 4.36. The first-order valence-electron chi connectivity index (χ1n) is 3.03. The van der Waals surface area contributed by atoms with Crippen molar-refractivity contribution in [1.82, 2.24) is 0 Å². The second-order valence-corrected chi connectivity index (χ2v) is 4.00. The highest BCUT2D eigenvalue weighted by Gasteiger charge is 1.82. The van der Waals surface area contributed by atoms with Gasteiger partial charge in [-0.25, -0.2) is 0 Å². The van der Waals surface area contributed by atoms with Crippen LogP contribution in [-0.4, -0.2) is 20.4 Å². The lowest BCUT2D eigenvalue weighted by Crippen LogP contribution is -1.78. The lowest BCUT2D eigenvalue weighted by atomic mass is 10.6. The summed E-state index contributed by atoms with van der Waals surface area (Å²) in [5.41, 5.74) is 0. The Labute approximate surface area is 55.7 Å². The predicted molar refractivity (Wildman–Crippen MR) is 35.9 cm³/mol. The van der Waals surface area contributed by atoms with Crippen molar-refractivity contribution in [2.75, 3.05) is 0 Å². The summed E-state index contributed by atoms with van der Waals surface area (Å²) >= 11 is 0.324. The van der Waals surface area contributed by atoms with Crippen molar-refractivity contribution in [1.29, 1.82) is 0 Å². The van der Waals surface area contributed by atoms with Gasteiger partial charge in [-0.1, -0.05) is 13.0 Å². The minimum atomic E-state index is 0.324. The molecule has 0 aliphatic carbocycles. The van der Waals surface area contributed by atoms with Crippen LogP contribution >= 0.6 is 0 Å². The van der Waals surface area contributed by atoms with Crippen LogP contribution in [0.4, 0.5) is 0 Å². The van der Waals surface area contributed by atoms with E-state index in [2.05, 4.69) is 26.0 Å². The molecule has 7 heavy (non-hydrogen) atoms. The Bertz CT molecular complexity index is 48.1. The summed E-state index contributed by atoms with van der Waals surface area (Å²) in [7, 11) is 0. The summed E-state index contributed by atoms with van der Waals surface area (Å²) < 4.78 is 2.84. The molecule has 0 nitrogen and oxygen atoms in total. The molecule has 0 N–H and O–H groups in total. The van der Waals surface area contributed by atoms with Crippen molar-refractivity contribution in [3.8, 4) is 0 Å². The maximum Gasteiger partial charge on any atom is 0.369 e. The highest BCUT2D eigenvalue weighted by molar-refractivity contribution is 6.35. The fourth-order valence-electron chi connectivity index (χ4n) is 0.489. The van der Waals surface area contributed by atoms with E-state index in [0.29, 0.717) is 20.4 Å². The monoisotopic (exact) mass is 108 g/mol. The van der Waals surface area contributed by atoms with Crippen LogP contribution in [-0.2, 0) is 0 Å². The highest BCUT2D eigenvalue weighted by atomic mass is 24.5. The average Bonchev–Trinajstić information content (AvgIpc) is 1.69. The van der Waals surface area contributed by atoms with Gasteiger partial charge in [0.05, 0.1) is 0 Å². The molecule has 0 aromatic heterocycles. The van der Waals surface area contributed by atoms with E-state index in [9.17, 15) is 0 Å². The molecule has 0 unspecified atom stereocenters. The Morgan fingerprint density at radius 2 is 2.29 bits per heavy atom. The third-order valence-corrected chi connectivity index (χ3v) is 2.41. The minimum Gasteiger partial charge on any atom is -0.148 e. The smallest absolute Gasteiger partial charge is 0.148 e. The molecule has 0 saturated carbocycles. The number of rotatable bonds is 3. The van der Waals surface area contributed by atoms with Crippen molar-refractivity contribution in [3.05, 3.63) is 12.2 Å². The van der Waals surface area contributed by atoms with E-state index in [0.717, 1.165) is 0 Å². The fourth-order valence-corrected chi connectivity index (χ4v) is 1.47. The van der Waals surface area contributed by atoms with Gasteiger partial charge < -0.3 is 0 Å². The summed E-state index contributed by atoms with van der Waals surface area (Å²) in [5, 5.41) is 0. The highest BCUT2D eigenvalue weighted by Crippen LogP contribution is 1.84. The molecule has 1 heteroatoms. The van der Waals surface area contributed by atoms with Crippen molar-refractivity contribution >= 4 is 20.4 Å². The molecule has 0 aliphatic heterocycles. The first-order valence-corrected chi connectivity index (χ1v) is 5.03. The molecule has 0 rings (SSSR count). The van der Waals surface area contributed by atoms with Gasteiger partial charge in [-0.15, -0.1) is 15.2 Å². The van der Waals surface area contributed by atoms with Crippen LogP contribution in [0.1, 0.15) is 13.8 Å². The van der Waals surface area contributed by atoms with E-state index in [1.165, 1.54) is 9.10 Å². The van der Waals surface area contributed by atoms with Gasteiger partial charge >= 0.3 is 20.4 Å². The molecule has 0 heterocycles. The van der Waals surface area contributed by atoms with Crippen LogP contribution in [0.15, 0.2) is 12.2 Å². The maximum absolute atomic E-state index is 2.27. The van der Waals surface area contributed by atoms with Gasteiger partial charge in [0.15, 0.2) is 0 Å². The van der Waals surface area contributed by atoms with Gasteiger partial charge in [-0.3, -0.25) is 0 Å². The molecule has 0 radical (unpaired) electrons. The van der Waals surface area contributed by atoms with E-state index in [-0.39, 0.29) is 0 Å². The minimum absolute atomic E-state index is 0.324. The third-order valence-electron chi connectivity index (χ3n) is 0.960. The molecular weight excluding hydrogens is 96.4 g/mol. The Morgan fingerprint density at radius 1 is 1.57 bits per heavy atom. The van der Waals surface area contributed by atoms with E-state index in [1.54, 1.807) is 0 Å². The van der Waals surface area contributed by atoms with Gasteiger partial charge in [0.1, 0.15) is 0 Å². The van der Waals surface area contributed by atoms with Gasteiger partial charge in [-0.05, 0) is 6.92 Å². The Kier molecular flexibility index (Phi) is 6.98. The molecule has 0 saturated heterocycles. The van der Waals surface area contributed by atoms with Crippen LogP contribution < -0.4 is 0 Å². The van der Waals surface area contributed by atoms with E-state index in [1.807, 2.05) is 0 Å². The van der Waals surface area contributed by atoms with E-state index < -0.39 is 0 Å². The molecule has 0 aromatic carbocycles. The SMILES string of the molecule is C/C=C/[CH2][Mg][CH2]C. The maximum atomic E-state index is 2.27. The topological polar surface area (TPSA) is 0 Å². The molecule has 0 amide bonds. The zero-order valence-corrected chi connectivity index (χ0v) is 6.69. The fraction of sp³-hybridized carbons (Fsp3) is 0.667. The van der Waals surface area contributed by atoms with Crippen LogP contribution in [0.2, 0.25) is 9.10 Å². The number of allylic oxidation sites excluding steroid dienone is 2. The second-order valence-electron chi connectivity index (χ2n) is 1.71. The standard InChI is InChI=1S/C4H7.C2H5.Mg/c1-3-4-2;1-2;/h3-4H,1H2,2H3;1H2,2H3;/b4-3+;;. The Morgan fingerprint density at radius 3 is 2.71 bits per heavy atom. The lowest BCUT2D eigenvalue weighted by molar-refractivity contribution is 1.42. The summed E-state index contributed by atoms with van der Waals surface area (Å²) in [6.07, 6.45) is 4.42. The zero-order valence-electron chi connectivity index (χ0n) is 5.28. The average molecular weight is 108 g/mol. The van der Waals surface area contributed by atoms with Crippen LogP contribution in [0.25, 0.3) is 0 Å². The summed E-state index contributed by atoms with van der Waals surface area (Å²) in [4.78, 5) is 0. The first-order chi connectivity index (χ1) is 3.41. The van der Waals surface area contributed by atoms with Gasteiger partial charge in [0, 0.05) is 0 Å². The lowest BCUT2D eigenvalue weighted by Gasteiger charge is -1.78. The Balaban J connectivity index is 2.69. The normalized spacial score (nSPS) is 9.43. The predicted octanol–water partition coefficient (Wildman–Crippen LogP) is 2.12. The van der Waals surface area contributed by atoms with E-state index >= 15 is 0 Å². The molecule has 0 bridgehead atoms. The van der Waals surface area contributed by atoms with Gasteiger partial charge in [0.2, 0.25) is 0 Å². The largest absolute Gasteiger partial charge is 0.369 e. The Hall–Kier alpha value is 0.506. The van der Waals surface area contributed by atoms with Crippen LogP contribution in [0, 0.1) is 0 Å². The molecule has 38 valence electrons. The first kappa shape index (κ1) is 7.51. The summed E-state index contributed by atoms with van der Waals surface area (Å²) in [5.74, 6) is 0. The molecule has 0 fully saturated rings. The summed E-state index contributed by atoms with van der Waals surface area (Å²) in [6, 6.07) is 0. The molecule has 0 aliphatic rings. The molecule has 0 aromatic rings. The molecular formula is C6H12Mg. The third kappa shape index (κ3) is 6.51. The number of hydrogen-bond donors (Lipinski definition) is 0. The van der Waals surface area contributed by atoms with Crippen molar-refractivity contribution in [2.45, 2.75) is 22.9 Å². The second kappa shape index (κ2) is 6.51. The molecule has 0 atom stereocenters. The van der Waals surface area contributed by atoms with Crippen LogP contribution in [0.5, 0.6) is 0 Å². The zero-order chi connectivity index (χ0) is 5.54. The van der Waals surface area contributed by atoms with Crippen molar-refractivity contribution in [3.63, 3.8) is 0 Å². The van der Waals surface area contributed by atoms with E-state index in [4.69, 9.17) is 0 Å². The van der Waals surface area contributed by atoms with Crippen molar-refractivity contribution in [2.24, 2.45) is 0 Å². The number of hydrogen-bond acceptors (Lipinski definition) is 0.